The first-order chi connectivity index (χ1) is 39.5. The van der Waals surface area contributed by atoms with Gasteiger partial charge in [0.15, 0.2) is 12.2 Å². The molecule has 0 aromatic rings. The average molecular weight is 1210 g/mol. The SMILES string of the molecule is CCCCCCCCCCCCCCCCCCCCC(=O)O[C@H](COC(=O)CCCCCCCCC(C)C)COP(=O)(O)OC[C@@H](O)COP(=O)(O)OC[C@@H](COC(=O)CCCCCCCCC)OC(=O)CCCCCCCCCC. The zero-order chi connectivity index (χ0) is 60.6. The molecule has 0 fully saturated rings. The number of aliphatic hydroxyl groups is 1. The van der Waals surface area contributed by atoms with Crippen LogP contribution in [0, 0.1) is 5.92 Å². The highest BCUT2D eigenvalue weighted by Gasteiger charge is 2.30. The van der Waals surface area contributed by atoms with Gasteiger partial charge in [-0.05, 0) is 31.6 Å². The number of phosphoric acid groups is 2. The molecule has 486 valence electrons. The molecule has 0 aliphatic heterocycles. The first-order valence-electron chi connectivity index (χ1n) is 33.1. The number of hydrogen-bond acceptors (Lipinski definition) is 15. The molecule has 0 heterocycles. The van der Waals surface area contributed by atoms with Gasteiger partial charge in [0.25, 0.3) is 0 Å². The van der Waals surface area contributed by atoms with Gasteiger partial charge in [0.05, 0.1) is 26.4 Å². The second kappa shape index (κ2) is 56.8. The van der Waals surface area contributed by atoms with E-state index in [9.17, 15) is 43.2 Å². The Bertz CT molecular complexity index is 1600. The number of hydrogen-bond donors (Lipinski definition) is 3. The molecule has 82 heavy (non-hydrogen) atoms. The van der Waals surface area contributed by atoms with Crippen LogP contribution in [0.15, 0.2) is 0 Å². The summed E-state index contributed by atoms with van der Waals surface area (Å²) in [6.07, 6.45) is 40.7. The number of carbonyl (C=O) groups is 4. The Hall–Kier alpha value is -1.94. The Morgan fingerprint density at radius 2 is 0.561 bits per heavy atom. The Labute approximate surface area is 498 Å². The number of rotatable bonds is 63. The number of aliphatic hydroxyl groups excluding tert-OH is 1. The van der Waals surface area contributed by atoms with Gasteiger partial charge >= 0.3 is 39.5 Å². The van der Waals surface area contributed by atoms with Gasteiger partial charge in [0, 0.05) is 25.7 Å². The average Bonchev–Trinajstić information content (AvgIpc) is 3.46. The summed E-state index contributed by atoms with van der Waals surface area (Å²) >= 11 is 0. The Morgan fingerprint density at radius 1 is 0.329 bits per heavy atom. The quantitative estimate of drug-likeness (QED) is 0.0222. The molecule has 3 N–H and O–H groups in total. The monoisotopic (exact) mass is 1210 g/mol. The highest BCUT2D eigenvalue weighted by atomic mass is 31.2. The van der Waals surface area contributed by atoms with E-state index in [1.165, 1.54) is 116 Å². The molecule has 0 saturated heterocycles. The highest BCUT2D eigenvalue weighted by molar-refractivity contribution is 7.47. The molecule has 0 spiro atoms. The summed E-state index contributed by atoms with van der Waals surface area (Å²) in [6, 6.07) is 0. The number of unbranched alkanes of at least 4 members (excludes halogenated alkanes) is 35. The summed E-state index contributed by atoms with van der Waals surface area (Å²) in [5, 5.41) is 10.5. The smallest absolute Gasteiger partial charge is 0.462 e. The van der Waals surface area contributed by atoms with Crippen molar-refractivity contribution >= 4 is 39.5 Å². The lowest BCUT2D eigenvalue weighted by molar-refractivity contribution is -0.161. The fourth-order valence-corrected chi connectivity index (χ4v) is 11.0. The number of carbonyl (C=O) groups excluding carboxylic acids is 4. The van der Waals surface area contributed by atoms with Crippen LogP contribution in [-0.2, 0) is 65.4 Å². The summed E-state index contributed by atoms with van der Waals surface area (Å²) in [5.41, 5.74) is 0. The molecule has 0 aliphatic carbocycles. The molecule has 5 atom stereocenters. The van der Waals surface area contributed by atoms with Crippen molar-refractivity contribution in [3.63, 3.8) is 0 Å². The Morgan fingerprint density at radius 3 is 0.829 bits per heavy atom. The molecule has 2 unspecified atom stereocenters. The topological polar surface area (TPSA) is 237 Å². The summed E-state index contributed by atoms with van der Waals surface area (Å²) in [6.45, 7) is 7.04. The van der Waals surface area contributed by atoms with Gasteiger partial charge in [0.1, 0.15) is 19.3 Å². The Kier molecular flexibility index (Phi) is 55.5. The van der Waals surface area contributed by atoms with Gasteiger partial charge in [0.2, 0.25) is 0 Å². The molecule has 0 saturated carbocycles. The van der Waals surface area contributed by atoms with E-state index in [4.69, 9.17) is 37.0 Å². The number of phosphoric ester groups is 2. The van der Waals surface area contributed by atoms with Crippen molar-refractivity contribution in [1.29, 1.82) is 0 Å². The van der Waals surface area contributed by atoms with Crippen molar-refractivity contribution in [3.05, 3.63) is 0 Å². The third kappa shape index (κ3) is 57.2. The van der Waals surface area contributed by atoms with Gasteiger partial charge in [-0.3, -0.25) is 37.3 Å². The van der Waals surface area contributed by atoms with E-state index in [2.05, 4.69) is 34.6 Å². The summed E-state index contributed by atoms with van der Waals surface area (Å²) in [4.78, 5) is 71.9. The molecule has 0 bridgehead atoms. The van der Waals surface area contributed by atoms with Gasteiger partial charge in [-0.25, -0.2) is 9.13 Å². The maximum Gasteiger partial charge on any atom is 0.472 e. The van der Waals surface area contributed by atoms with Crippen LogP contribution in [-0.4, -0.2) is 96.7 Å². The lowest BCUT2D eigenvalue weighted by atomic mass is 10.0. The van der Waals surface area contributed by atoms with Crippen LogP contribution in [0.25, 0.3) is 0 Å². The van der Waals surface area contributed by atoms with Crippen molar-refractivity contribution in [2.45, 2.75) is 335 Å². The van der Waals surface area contributed by atoms with Gasteiger partial charge in [-0.15, -0.1) is 0 Å². The zero-order valence-electron chi connectivity index (χ0n) is 52.6. The van der Waals surface area contributed by atoms with Gasteiger partial charge in [-0.1, -0.05) is 266 Å². The molecular formula is C63H122O17P2. The third-order valence-corrected chi connectivity index (χ3v) is 16.4. The maximum atomic E-state index is 13.0. The molecular weight excluding hydrogens is 1090 g/mol. The molecule has 0 aromatic carbocycles. The second-order valence-electron chi connectivity index (χ2n) is 23.3. The highest BCUT2D eigenvalue weighted by Crippen LogP contribution is 2.45. The molecule has 19 heteroatoms. The molecule has 0 amide bonds. The lowest BCUT2D eigenvalue weighted by Crippen LogP contribution is -2.30. The van der Waals surface area contributed by atoms with E-state index >= 15 is 0 Å². The molecule has 17 nitrogen and oxygen atoms in total. The zero-order valence-corrected chi connectivity index (χ0v) is 54.4. The predicted molar refractivity (Wildman–Crippen MR) is 326 cm³/mol. The first-order valence-corrected chi connectivity index (χ1v) is 36.1. The van der Waals surface area contributed by atoms with Crippen molar-refractivity contribution in [1.82, 2.24) is 0 Å². The number of esters is 4. The van der Waals surface area contributed by atoms with E-state index in [1.54, 1.807) is 0 Å². The molecule has 0 rings (SSSR count). The van der Waals surface area contributed by atoms with Gasteiger partial charge in [-0.2, -0.15) is 0 Å². The van der Waals surface area contributed by atoms with Gasteiger partial charge < -0.3 is 33.8 Å². The second-order valence-corrected chi connectivity index (χ2v) is 26.2. The predicted octanol–water partition coefficient (Wildman–Crippen LogP) is 17.4. The van der Waals surface area contributed by atoms with Crippen LogP contribution in [0.1, 0.15) is 317 Å². The summed E-state index contributed by atoms with van der Waals surface area (Å²) in [7, 11) is -9.87. The summed E-state index contributed by atoms with van der Waals surface area (Å²) in [5.74, 6) is -1.46. The van der Waals surface area contributed by atoms with Crippen molar-refractivity contribution in [2.75, 3.05) is 39.6 Å². The minimum atomic E-state index is -4.94. The van der Waals surface area contributed by atoms with E-state index in [1.807, 2.05) is 0 Å². The fraction of sp³-hybridized carbons (Fsp3) is 0.937. The fourth-order valence-electron chi connectivity index (χ4n) is 9.41. The lowest BCUT2D eigenvalue weighted by Gasteiger charge is -2.21. The van der Waals surface area contributed by atoms with E-state index in [-0.39, 0.29) is 25.7 Å². The van der Waals surface area contributed by atoms with Crippen LogP contribution in [0.5, 0.6) is 0 Å². The molecule has 0 aromatic heterocycles. The van der Waals surface area contributed by atoms with Crippen LogP contribution in [0.4, 0.5) is 0 Å². The molecule has 0 radical (unpaired) electrons. The minimum Gasteiger partial charge on any atom is -0.462 e. The third-order valence-electron chi connectivity index (χ3n) is 14.5. The minimum absolute atomic E-state index is 0.104. The van der Waals surface area contributed by atoms with E-state index < -0.39 is 97.5 Å². The van der Waals surface area contributed by atoms with Crippen LogP contribution >= 0.6 is 15.6 Å². The van der Waals surface area contributed by atoms with E-state index in [0.29, 0.717) is 31.6 Å². The maximum absolute atomic E-state index is 13.0. The van der Waals surface area contributed by atoms with Crippen molar-refractivity contribution in [3.8, 4) is 0 Å². The van der Waals surface area contributed by atoms with Crippen LogP contribution in [0.3, 0.4) is 0 Å². The van der Waals surface area contributed by atoms with Crippen molar-refractivity contribution < 1.29 is 80.2 Å². The standard InChI is InChI=1S/C63H122O17P2/c1-6-9-12-15-18-20-21-22-23-24-25-26-27-28-29-32-39-44-49-63(68)80-59(53-74-61(66)47-42-37-34-33-35-40-45-56(4)5)55-78-82(71,72)76-51-57(64)50-75-81(69,70)77-54-58(52-73-60(65)46-41-36-30-17-14-11-8-3)79-62(67)48-43-38-31-19-16-13-10-7-2/h56-59,64H,6-55H2,1-5H3,(H,69,70)(H,71,72)/t57-,58+,59+/m0/s1. The largest absolute Gasteiger partial charge is 0.472 e. The number of ether oxygens (including phenoxy) is 4. The van der Waals surface area contributed by atoms with Crippen LogP contribution < -0.4 is 0 Å². The first kappa shape index (κ1) is 80.1. The van der Waals surface area contributed by atoms with Crippen molar-refractivity contribution in [2.24, 2.45) is 5.92 Å². The molecule has 0 aliphatic rings. The van der Waals surface area contributed by atoms with Crippen LogP contribution in [0.2, 0.25) is 0 Å². The normalized spacial score (nSPS) is 14.3. The van der Waals surface area contributed by atoms with E-state index in [0.717, 1.165) is 116 Å². The Balaban J connectivity index is 5.13. The summed E-state index contributed by atoms with van der Waals surface area (Å²) < 4.78 is 67.7.